The average molecular weight is 267 g/mol. The molecule has 1 N–H and O–H groups in total. The molecule has 0 saturated heterocycles. The van der Waals surface area contributed by atoms with E-state index in [0.29, 0.717) is 6.04 Å². The van der Waals surface area contributed by atoms with Crippen molar-refractivity contribution in [3.05, 3.63) is 71.3 Å². The van der Waals surface area contributed by atoms with Gasteiger partial charge in [-0.1, -0.05) is 67.9 Å². The number of benzene rings is 2. The van der Waals surface area contributed by atoms with Crippen LogP contribution >= 0.6 is 0 Å². The molecule has 2 aromatic carbocycles. The molecule has 1 unspecified atom stereocenters. The van der Waals surface area contributed by atoms with E-state index in [-0.39, 0.29) is 0 Å². The van der Waals surface area contributed by atoms with Gasteiger partial charge in [-0.2, -0.15) is 0 Å². The third-order valence-electron chi connectivity index (χ3n) is 3.80. The molecule has 0 saturated carbocycles. The Bertz CT molecular complexity index is 504. The van der Waals surface area contributed by atoms with Gasteiger partial charge in [0.1, 0.15) is 0 Å². The van der Waals surface area contributed by atoms with E-state index in [1.54, 1.807) is 0 Å². The topological polar surface area (TPSA) is 12.0 Å². The zero-order valence-electron chi connectivity index (χ0n) is 12.6. The summed E-state index contributed by atoms with van der Waals surface area (Å²) in [5.74, 6) is 0. The van der Waals surface area contributed by atoms with Crippen LogP contribution in [0.4, 0.5) is 0 Å². The van der Waals surface area contributed by atoms with Gasteiger partial charge in [0.05, 0.1) is 0 Å². The van der Waals surface area contributed by atoms with E-state index in [9.17, 15) is 0 Å². The summed E-state index contributed by atoms with van der Waals surface area (Å²) < 4.78 is 0. The average Bonchev–Trinajstić information content (AvgIpc) is 2.50. The maximum absolute atomic E-state index is 3.43. The maximum Gasteiger partial charge on any atom is 0.0320 e. The second-order valence-corrected chi connectivity index (χ2v) is 5.36. The molecule has 0 aliphatic rings. The second-order valence-electron chi connectivity index (χ2n) is 5.36. The Morgan fingerprint density at radius 3 is 2.25 bits per heavy atom. The molecule has 1 atom stereocenters. The van der Waals surface area contributed by atoms with Crippen LogP contribution in [0.2, 0.25) is 0 Å². The largest absolute Gasteiger partial charge is 0.313 e. The van der Waals surface area contributed by atoms with Crippen LogP contribution in [0.5, 0.6) is 0 Å². The van der Waals surface area contributed by atoms with Crippen molar-refractivity contribution >= 4 is 0 Å². The molecule has 2 rings (SSSR count). The van der Waals surface area contributed by atoms with Crippen LogP contribution in [-0.4, -0.2) is 7.05 Å². The molecule has 106 valence electrons. The number of nitrogens with one attached hydrogen (secondary N) is 1. The Labute approximate surface area is 123 Å². The lowest BCUT2D eigenvalue weighted by Crippen LogP contribution is -2.17. The van der Waals surface area contributed by atoms with E-state index in [4.69, 9.17) is 0 Å². The Morgan fingerprint density at radius 2 is 1.60 bits per heavy atom. The Kier molecular flexibility index (Phi) is 5.82. The number of hydrogen-bond donors (Lipinski definition) is 1. The number of aryl methyl sites for hydroxylation is 2. The Balaban J connectivity index is 1.98. The first-order valence-electron chi connectivity index (χ1n) is 7.63. The SMILES string of the molecule is CCCc1cccc(CCC(NC)c2ccccc2)c1. The van der Waals surface area contributed by atoms with Gasteiger partial charge in [-0.05, 0) is 43.0 Å². The van der Waals surface area contributed by atoms with Crippen molar-refractivity contribution in [3.63, 3.8) is 0 Å². The van der Waals surface area contributed by atoms with Crippen LogP contribution in [0.3, 0.4) is 0 Å². The van der Waals surface area contributed by atoms with E-state index in [0.717, 1.165) is 12.8 Å². The van der Waals surface area contributed by atoms with Crippen LogP contribution in [0, 0.1) is 0 Å². The molecule has 0 heterocycles. The zero-order valence-corrected chi connectivity index (χ0v) is 12.6. The minimum Gasteiger partial charge on any atom is -0.313 e. The summed E-state index contributed by atoms with van der Waals surface area (Å²) in [5.41, 5.74) is 4.29. The zero-order chi connectivity index (χ0) is 14.2. The van der Waals surface area contributed by atoms with Crippen LogP contribution < -0.4 is 5.32 Å². The fourth-order valence-corrected chi connectivity index (χ4v) is 2.70. The molecule has 0 radical (unpaired) electrons. The van der Waals surface area contributed by atoms with Crippen molar-refractivity contribution in [1.29, 1.82) is 0 Å². The lowest BCUT2D eigenvalue weighted by atomic mass is 9.97. The van der Waals surface area contributed by atoms with Crippen molar-refractivity contribution in [2.75, 3.05) is 7.05 Å². The van der Waals surface area contributed by atoms with E-state index in [1.807, 2.05) is 7.05 Å². The summed E-state index contributed by atoms with van der Waals surface area (Å²) in [5, 5.41) is 3.43. The standard InChI is InChI=1S/C19H25N/c1-3-8-16-9-7-10-17(15-16)13-14-19(20-2)18-11-5-4-6-12-18/h4-7,9-12,15,19-20H,3,8,13-14H2,1-2H3. The first kappa shape index (κ1) is 14.8. The minimum absolute atomic E-state index is 0.436. The Morgan fingerprint density at radius 1 is 0.900 bits per heavy atom. The predicted molar refractivity (Wildman–Crippen MR) is 87.0 cm³/mol. The van der Waals surface area contributed by atoms with E-state index >= 15 is 0 Å². The maximum atomic E-state index is 3.43. The fraction of sp³-hybridized carbons (Fsp3) is 0.368. The molecule has 2 aromatic rings. The first-order valence-corrected chi connectivity index (χ1v) is 7.63. The van der Waals surface area contributed by atoms with Gasteiger partial charge in [-0.25, -0.2) is 0 Å². The highest BCUT2D eigenvalue weighted by Crippen LogP contribution is 2.19. The van der Waals surface area contributed by atoms with Gasteiger partial charge in [-0.15, -0.1) is 0 Å². The van der Waals surface area contributed by atoms with Crippen LogP contribution in [0.25, 0.3) is 0 Å². The monoisotopic (exact) mass is 267 g/mol. The molecule has 0 aromatic heterocycles. The van der Waals surface area contributed by atoms with Gasteiger partial charge in [-0.3, -0.25) is 0 Å². The normalized spacial score (nSPS) is 12.3. The summed E-state index contributed by atoms with van der Waals surface area (Å²) in [6.45, 7) is 2.24. The molecule has 0 fully saturated rings. The van der Waals surface area contributed by atoms with Gasteiger partial charge in [0.15, 0.2) is 0 Å². The highest BCUT2D eigenvalue weighted by Gasteiger charge is 2.08. The molecule has 0 amide bonds. The van der Waals surface area contributed by atoms with Crippen molar-refractivity contribution in [2.24, 2.45) is 0 Å². The molecule has 0 spiro atoms. The minimum atomic E-state index is 0.436. The smallest absolute Gasteiger partial charge is 0.0320 e. The van der Waals surface area contributed by atoms with E-state index < -0.39 is 0 Å². The summed E-state index contributed by atoms with van der Waals surface area (Å²) >= 11 is 0. The molecular weight excluding hydrogens is 242 g/mol. The second kappa shape index (κ2) is 7.86. The van der Waals surface area contributed by atoms with Crippen LogP contribution in [0.15, 0.2) is 54.6 Å². The van der Waals surface area contributed by atoms with Crippen LogP contribution in [-0.2, 0) is 12.8 Å². The van der Waals surface area contributed by atoms with Crippen molar-refractivity contribution in [3.8, 4) is 0 Å². The lowest BCUT2D eigenvalue weighted by molar-refractivity contribution is 0.549. The van der Waals surface area contributed by atoms with Crippen LogP contribution in [0.1, 0.15) is 42.5 Å². The van der Waals surface area contributed by atoms with E-state index in [1.165, 1.54) is 29.5 Å². The van der Waals surface area contributed by atoms with Gasteiger partial charge >= 0.3 is 0 Å². The Hall–Kier alpha value is -1.60. The first-order chi connectivity index (χ1) is 9.83. The van der Waals surface area contributed by atoms with Crippen molar-refractivity contribution in [1.82, 2.24) is 5.32 Å². The molecule has 1 heteroatoms. The highest BCUT2D eigenvalue weighted by molar-refractivity contribution is 5.25. The summed E-state index contributed by atoms with van der Waals surface area (Å²) in [6, 6.07) is 20.2. The quantitative estimate of drug-likeness (QED) is 0.777. The highest BCUT2D eigenvalue weighted by atomic mass is 14.9. The third-order valence-corrected chi connectivity index (χ3v) is 3.80. The van der Waals surface area contributed by atoms with E-state index in [2.05, 4.69) is 66.8 Å². The summed E-state index contributed by atoms with van der Waals surface area (Å²) in [6.07, 6.45) is 4.66. The van der Waals surface area contributed by atoms with Gasteiger partial charge in [0.25, 0.3) is 0 Å². The van der Waals surface area contributed by atoms with Crippen molar-refractivity contribution < 1.29 is 0 Å². The fourth-order valence-electron chi connectivity index (χ4n) is 2.70. The molecule has 0 aliphatic carbocycles. The summed E-state index contributed by atoms with van der Waals surface area (Å²) in [7, 11) is 2.05. The number of rotatable bonds is 7. The van der Waals surface area contributed by atoms with Gasteiger partial charge in [0.2, 0.25) is 0 Å². The van der Waals surface area contributed by atoms with Gasteiger partial charge < -0.3 is 5.32 Å². The molecule has 0 aliphatic heterocycles. The molecule has 0 bridgehead atoms. The van der Waals surface area contributed by atoms with Gasteiger partial charge in [0, 0.05) is 6.04 Å². The lowest BCUT2D eigenvalue weighted by Gasteiger charge is -2.16. The molecule has 1 nitrogen and oxygen atoms in total. The third kappa shape index (κ3) is 4.21. The van der Waals surface area contributed by atoms with Crippen molar-refractivity contribution in [2.45, 2.75) is 38.6 Å². The molecule has 20 heavy (non-hydrogen) atoms. The predicted octanol–water partition coefficient (Wildman–Crippen LogP) is 4.53. The number of hydrogen-bond acceptors (Lipinski definition) is 1. The summed E-state index contributed by atoms with van der Waals surface area (Å²) in [4.78, 5) is 0. The molecular formula is C19H25N.